The molecule has 0 aliphatic heterocycles. The Morgan fingerprint density at radius 3 is 2.93 bits per heavy atom. The molecule has 2 aromatic rings. The highest BCUT2D eigenvalue weighted by atomic mass is 16.3. The lowest BCUT2D eigenvalue weighted by Gasteiger charge is -2.00. The highest BCUT2D eigenvalue weighted by molar-refractivity contribution is 5.77. The molecule has 1 N–H and O–H groups in total. The topological polar surface area (TPSA) is 38.0 Å². The molecule has 0 amide bonds. The van der Waals surface area contributed by atoms with Crippen molar-refractivity contribution in [2.75, 3.05) is 0 Å². The summed E-state index contributed by atoms with van der Waals surface area (Å²) < 4.78 is 2.16. The van der Waals surface area contributed by atoms with E-state index in [1.807, 2.05) is 18.2 Å². The number of hydrogen-bond donors (Lipinski definition) is 1. The fourth-order valence-electron chi connectivity index (χ4n) is 2.06. The van der Waals surface area contributed by atoms with Crippen LogP contribution >= 0.6 is 0 Å². The number of aromatic nitrogens is 2. The first-order valence-corrected chi connectivity index (χ1v) is 5.35. The molecule has 0 unspecified atom stereocenters. The smallest absolute Gasteiger partial charge is 0.112 e. The second-order valence-corrected chi connectivity index (χ2v) is 4.28. The molecular weight excluding hydrogens is 188 g/mol. The van der Waals surface area contributed by atoms with E-state index < -0.39 is 0 Å². The van der Waals surface area contributed by atoms with Gasteiger partial charge >= 0.3 is 0 Å². The number of fused-ring (bicyclic) bond motifs is 1. The molecule has 1 aromatic heterocycles. The maximum atomic E-state index is 9.09. The molecule has 15 heavy (non-hydrogen) atoms. The van der Waals surface area contributed by atoms with E-state index in [1.165, 1.54) is 18.7 Å². The number of rotatable bonds is 2. The first-order valence-electron chi connectivity index (χ1n) is 5.35. The zero-order valence-corrected chi connectivity index (χ0v) is 8.77. The van der Waals surface area contributed by atoms with Gasteiger partial charge in [0.25, 0.3) is 0 Å². The second-order valence-electron chi connectivity index (χ2n) is 4.28. The largest absolute Gasteiger partial charge is 0.392 e. The molecule has 0 atom stereocenters. The molecule has 1 saturated carbocycles. The van der Waals surface area contributed by atoms with Crippen LogP contribution in [0.15, 0.2) is 18.2 Å². The van der Waals surface area contributed by atoms with Crippen LogP contribution in [0.5, 0.6) is 0 Å². The van der Waals surface area contributed by atoms with Crippen LogP contribution in [0.3, 0.4) is 0 Å². The summed E-state index contributed by atoms with van der Waals surface area (Å²) in [6.45, 7) is 0.0971. The van der Waals surface area contributed by atoms with Gasteiger partial charge in [-0.3, -0.25) is 0 Å². The van der Waals surface area contributed by atoms with E-state index in [-0.39, 0.29) is 6.61 Å². The fraction of sp³-hybridized carbons (Fsp3) is 0.417. The predicted molar refractivity (Wildman–Crippen MR) is 58.6 cm³/mol. The van der Waals surface area contributed by atoms with Crippen LogP contribution in [-0.4, -0.2) is 14.7 Å². The Hall–Kier alpha value is -1.35. The van der Waals surface area contributed by atoms with Gasteiger partial charge in [0.05, 0.1) is 17.6 Å². The third-order valence-electron chi connectivity index (χ3n) is 3.10. The molecule has 1 aliphatic rings. The summed E-state index contributed by atoms with van der Waals surface area (Å²) in [5, 5.41) is 9.09. The molecule has 78 valence electrons. The van der Waals surface area contributed by atoms with Crippen molar-refractivity contribution in [3.05, 3.63) is 29.6 Å². The van der Waals surface area contributed by atoms with Crippen LogP contribution < -0.4 is 0 Å². The molecule has 1 aliphatic carbocycles. The van der Waals surface area contributed by atoms with Crippen LogP contribution in [0, 0.1) is 0 Å². The molecule has 3 rings (SSSR count). The lowest BCUT2D eigenvalue weighted by Crippen LogP contribution is -1.95. The summed E-state index contributed by atoms with van der Waals surface area (Å²) >= 11 is 0. The molecule has 0 radical (unpaired) electrons. The van der Waals surface area contributed by atoms with Gasteiger partial charge in [0.15, 0.2) is 0 Å². The van der Waals surface area contributed by atoms with Gasteiger partial charge in [-0.2, -0.15) is 0 Å². The monoisotopic (exact) mass is 202 g/mol. The lowest BCUT2D eigenvalue weighted by molar-refractivity contribution is 0.282. The Labute approximate surface area is 88.4 Å². The predicted octanol–water partition coefficient (Wildman–Crippen LogP) is 1.94. The number of hydrogen-bond acceptors (Lipinski definition) is 2. The number of aryl methyl sites for hydroxylation is 1. The summed E-state index contributed by atoms with van der Waals surface area (Å²) in [6.07, 6.45) is 2.54. The van der Waals surface area contributed by atoms with E-state index in [9.17, 15) is 0 Å². The molecular formula is C12H14N2O. The van der Waals surface area contributed by atoms with Crippen LogP contribution in [-0.2, 0) is 13.7 Å². The van der Waals surface area contributed by atoms with Gasteiger partial charge in [-0.15, -0.1) is 0 Å². The van der Waals surface area contributed by atoms with E-state index in [2.05, 4.69) is 16.6 Å². The zero-order chi connectivity index (χ0) is 10.4. The van der Waals surface area contributed by atoms with E-state index in [1.54, 1.807) is 0 Å². The molecule has 0 saturated heterocycles. The Kier molecular flexibility index (Phi) is 1.83. The van der Waals surface area contributed by atoms with Crippen molar-refractivity contribution in [2.45, 2.75) is 25.4 Å². The number of imidazole rings is 1. The van der Waals surface area contributed by atoms with E-state index >= 15 is 0 Å². The maximum Gasteiger partial charge on any atom is 0.112 e. The van der Waals surface area contributed by atoms with Gasteiger partial charge in [-0.05, 0) is 30.5 Å². The summed E-state index contributed by atoms with van der Waals surface area (Å²) in [6, 6.07) is 5.95. The van der Waals surface area contributed by atoms with E-state index in [0.29, 0.717) is 5.92 Å². The van der Waals surface area contributed by atoms with Gasteiger partial charge in [-0.25, -0.2) is 4.98 Å². The fourth-order valence-corrected chi connectivity index (χ4v) is 2.06. The third kappa shape index (κ3) is 1.35. The minimum absolute atomic E-state index is 0.0971. The maximum absolute atomic E-state index is 9.09. The van der Waals surface area contributed by atoms with Crippen molar-refractivity contribution >= 4 is 11.0 Å². The van der Waals surface area contributed by atoms with Gasteiger partial charge in [0.1, 0.15) is 5.82 Å². The van der Waals surface area contributed by atoms with Gasteiger partial charge in [0.2, 0.25) is 0 Å². The average Bonchev–Trinajstić information content (AvgIpc) is 3.05. The third-order valence-corrected chi connectivity index (χ3v) is 3.10. The van der Waals surface area contributed by atoms with Crippen molar-refractivity contribution in [1.82, 2.24) is 9.55 Å². The first kappa shape index (κ1) is 8.92. The standard InChI is InChI=1S/C12H14N2O/c1-14-11-6-8(7-15)2-5-10(11)13-12(14)9-3-4-9/h2,5-6,9,15H,3-4,7H2,1H3. The van der Waals surface area contributed by atoms with E-state index in [0.717, 1.165) is 16.6 Å². The number of aliphatic hydroxyl groups is 1. The summed E-state index contributed by atoms with van der Waals surface area (Å²) in [5.74, 6) is 1.86. The Morgan fingerprint density at radius 1 is 1.47 bits per heavy atom. The molecule has 1 heterocycles. The van der Waals surface area contributed by atoms with E-state index in [4.69, 9.17) is 5.11 Å². The Bertz CT molecular complexity index is 512. The van der Waals surface area contributed by atoms with Gasteiger partial charge in [0, 0.05) is 13.0 Å². The highest BCUT2D eigenvalue weighted by Crippen LogP contribution is 2.40. The van der Waals surface area contributed by atoms with Crippen LogP contribution in [0.2, 0.25) is 0 Å². The van der Waals surface area contributed by atoms with Crippen molar-refractivity contribution in [1.29, 1.82) is 0 Å². The summed E-state index contributed by atoms with van der Waals surface area (Å²) in [5.41, 5.74) is 3.12. The van der Waals surface area contributed by atoms with Gasteiger partial charge in [-0.1, -0.05) is 6.07 Å². The summed E-state index contributed by atoms with van der Waals surface area (Å²) in [4.78, 5) is 4.63. The quantitative estimate of drug-likeness (QED) is 0.808. The van der Waals surface area contributed by atoms with Crippen LogP contribution in [0.25, 0.3) is 11.0 Å². The van der Waals surface area contributed by atoms with Crippen molar-refractivity contribution in [3.8, 4) is 0 Å². The van der Waals surface area contributed by atoms with Crippen molar-refractivity contribution in [3.63, 3.8) is 0 Å². The second kappa shape index (κ2) is 3.07. The normalized spacial score (nSPS) is 16.1. The Morgan fingerprint density at radius 2 is 2.27 bits per heavy atom. The molecule has 1 fully saturated rings. The highest BCUT2D eigenvalue weighted by Gasteiger charge is 2.28. The molecule has 1 aromatic carbocycles. The number of nitrogens with zero attached hydrogens (tertiary/aromatic N) is 2. The molecule has 0 bridgehead atoms. The lowest BCUT2D eigenvalue weighted by atomic mass is 10.2. The van der Waals surface area contributed by atoms with Crippen LogP contribution in [0.4, 0.5) is 0 Å². The number of benzene rings is 1. The first-order chi connectivity index (χ1) is 7.29. The molecule has 3 heteroatoms. The Balaban J connectivity index is 2.21. The minimum Gasteiger partial charge on any atom is -0.392 e. The number of aliphatic hydroxyl groups excluding tert-OH is 1. The van der Waals surface area contributed by atoms with Gasteiger partial charge < -0.3 is 9.67 Å². The van der Waals surface area contributed by atoms with Crippen LogP contribution in [0.1, 0.15) is 30.1 Å². The average molecular weight is 202 g/mol. The molecule has 0 spiro atoms. The minimum atomic E-state index is 0.0971. The van der Waals surface area contributed by atoms with Crippen molar-refractivity contribution in [2.24, 2.45) is 7.05 Å². The summed E-state index contributed by atoms with van der Waals surface area (Å²) in [7, 11) is 2.06. The SMILES string of the molecule is Cn1c(C2CC2)nc2ccc(CO)cc21. The molecule has 3 nitrogen and oxygen atoms in total. The van der Waals surface area contributed by atoms with Crippen molar-refractivity contribution < 1.29 is 5.11 Å². The zero-order valence-electron chi connectivity index (χ0n) is 8.77.